The molecule has 5 heterocycles. The molecule has 0 aromatic carbocycles. The molecule has 4 atom stereocenters. The first kappa shape index (κ1) is 29.2. The van der Waals surface area contributed by atoms with E-state index in [9.17, 15) is 9.90 Å². The van der Waals surface area contributed by atoms with E-state index < -0.39 is 23.5 Å². The SMILES string of the molecule is COC1=C(C(C(=O)O)N2CCC3(CCC3N(C)CCCCCc3ccc4c(n3)NCCC4)C2)C=C2CC1(F)OC21COC1. The molecule has 2 aliphatic carbocycles. The number of carbonyl (C=O) groups is 1. The van der Waals surface area contributed by atoms with E-state index >= 15 is 4.39 Å². The highest BCUT2D eigenvalue weighted by Crippen LogP contribution is 2.56. The van der Waals surface area contributed by atoms with Gasteiger partial charge in [-0.1, -0.05) is 18.6 Å². The van der Waals surface area contributed by atoms with Crippen molar-refractivity contribution in [3.05, 3.63) is 46.4 Å². The minimum Gasteiger partial charge on any atom is -0.495 e. The van der Waals surface area contributed by atoms with Gasteiger partial charge in [-0.05, 0) is 94.1 Å². The molecule has 6 aliphatic rings. The van der Waals surface area contributed by atoms with Gasteiger partial charge < -0.3 is 29.5 Å². The molecule has 1 aromatic rings. The van der Waals surface area contributed by atoms with Crippen LogP contribution in [0, 0.1) is 5.41 Å². The number of ether oxygens (including phenoxy) is 3. The number of aliphatic carboxylic acids is 1. The molecular formula is C33H45FN4O5. The molecule has 4 fully saturated rings. The van der Waals surface area contributed by atoms with Crippen LogP contribution in [-0.4, -0.2) is 103 Å². The molecule has 0 radical (unpaired) electrons. The molecular weight excluding hydrogens is 551 g/mol. The Kier molecular flexibility index (Phi) is 7.55. The summed E-state index contributed by atoms with van der Waals surface area (Å²) in [5, 5.41) is 13.9. The summed E-state index contributed by atoms with van der Waals surface area (Å²) in [6, 6.07) is 3.88. The Morgan fingerprint density at radius 3 is 2.88 bits per heavy atom. The van der Waals surface area contributed by atoms with E-state index in [4.69, 9.17) is 19.2 Å². The monoisotopic (exact) mass is 596 g/mol. The maximum absolute atomic E-state index is 16.1. The molecule has 1 aromatic heterocycles. The first-order valence-electron chi connectivity index (χ1n) is 16.1. The third-order valence-electron chi connectivity index (χ3n) is 11.0. The van der Waals surface area contributed by atoms with Gasteiger partial charge in [-0.15, -0.1) is 0 Å². The normalized spacial score (nSPS) is 31.4. The van der Waals surface area contributed by atoms with Crippen LogP contribution in [0.2, 0.25) is 0 Å². The quantitative estimate of drug-likeness (QED) is 0.366. The zero-order valence-electron chi connectivity index (χ0n) is 25.5. The molecule has 3 saturated heterocycles. The number of aromatic nitrogens is 1. The van der Waals surface area contributed by atoms with Crippen molar-refractivity contribution >= 4 is 11.8 Å². The van der Waals surface area contributed by atoms with Gasteiger partial charge in [0.05, 0.1) is 20.3 Å². The summed E-state index contributed by atoms with van der Waals surface area (Å²) < 4.78 is 32.9. The van der Waals surface area contributed by atoms with Crippen molar-refractivity contribution in [3.63, 3.8) is 0 Å². The molecule has 2 N–H and O–H groups in total. The molecule has 2 bridgehead atoms. The number of halogens is 1. The number of alkyl halides is 1. The summed E-state index contributed by atoms with van der Waals surface area (Å²) in [6.07, 6.45) is 11.8. The minimum absolute atomic E-state index is 0.00231. The van der Waals surface area contributed by atoms with Gasteiger partial charge in [0, 0.05) is 36.8 Å². The summed E-state index contributed by atoms with van der Waals surface area (Å²) in [5.74, 6) is -2.05. The smallest absolute Gasteiger partial charge is 0.325 e. The summed E-state index contributed by atoms with van der Waals surface area (Å²) in [5.41, 5.74) is 2.94. The van der Waals surface area contributed by atoms with E-state index in [2.05, 4.69) is 29.4 Å². The number of fused-ring (bicyclic) bond motifs is 4. The molecule has 10 heteroatoms. The number of unbranched alkanes of at least 4 members (excludes halogenated alkanes) is 2. The van der Waals surface area contributed by atoms with Crippen molar-refractivity contribution in [3.8, 4) is 0 Å². The van der Waals surface area contributed by atoms with E-state index in [1.807, 2.05) is 11.0 Å². The van der Waals surface area contributed by atoms with E-state index in [0.717, 1.165) is 75.8 Å². The number of methoxy groups -OCH3 is 1. The minimum atomic E-state index is -2.14. The molecule has 4 aliphatic heterocycles. The number of hydrogen-bond donors (Lipinski definition) is 2. The van der Waals surface area contributed by atoms with E-state index in [-0.39, 0.29) is 30.8 Å². The number of nitrogens with one attached hydrogen (secondary N) is 1. The second kappa shape index (κ2) is 11.1. The van der Waals surface area contributed by atoms with Crippen LogP contribution in [0.1, 0.15) is 62.6 Å². The van der Waals surface area contributed by atoms with Crippen LogP contribution >= 0.6 is 0 Å². The van der Waals surface area contributed by atoms with Gasteiger partial charge in [0.1, 0.15) is 17.5 Å². The van der Waals surface area contributed by atoms with Crippen LogP contribution in [0.3, 0.4) is 0 Å². The van der Waals surface area contributed by atoms with E-state index in [1.165, 1.54) is 24.8 Å². The van der Waals surface area contributed by atoms with Crippen LogP contribution in [-0.2, 0) is 31.8 Å². The van der Waals surface area contributed by atoms with Crippen molar-refractivity contribution in [2.45, 2.75) is 87.7 Å². The third kappa shape index (κ3) is 4.98. The maximum Gasteiger partial charge on any atom is 0.325 e. The van der Waals surface area contributed by atoms with Gasteiger partial charge in [0.2, 0.25) is 0 Å². The lowest BCUT2D eigenvalue weighted by atomic mass is 9.63. The third-order valence-corrected chi connectivity index (χ3v) is 11.0. The van der Waals surface area contributed by atoms with Crippen molar-refractivity contribution in [2.75, 3.05) is 58.9 Å². The van der Waals surface area contributed by atoms with Crippen LogP contribution < -0.4 is 5.32 Å². The molecule has 4 unspecified atom stereocenters. The molecule has 2 spiro atoms. The second-order valence-electron chi connectivity index (χ2n) is 13.7. The molecule has 234 valence electrons. The van der Waals surface area contributed by atoms with Gasteiger partial charge in [-0.3, -0.25) is 9.69 Å². The van der Waals surface area contributed by atoms with Crippen molar-refractivity contribution < 1.29 is 28.5 Å². The fourth-order valence-electron chi connectivity index (χ4n) is 8.59. The predicted molar refractivity (Wildman–Crippen MR) is 160 cm³/mol. The molecule has 0 amide bonds. The van der Waals surface area contributed by atoms with Crippen molar-refractivity contribution in [1.29, 1.82) is 0 Å². The fourth-order valence-corrected chi connectivity index (χ4v) is 8.59. The Labute approximate surface area is 253 Å². The summed E-state index contributed by atoms with van der Waals surface area (Å²) in [6.45, 7) is 3.98. The number of carboxylic acid groups (broad SMARTS) is 1. The second-order valence-corrected chi connectivity index (χ2v) is 13.7. The van der Waals surface area contributed by atoms with E-state index in [0.29, 0.717) is 24.7 Å². The lowest BCUT2D eigenvalue weighted by molar-refractivity contribution is -0.245. The van der Waals surface area contributed by atoms with Crippen LogP contribution in [0.4, 0.5) is 10.2 Å². The molecule has 43 heavy (non-hydrogen) atoms. The number of rotatable bonds is 11. The maximum atomic E-state index is 16.1. The number of nitrogens with zero attached hydrogens (tertiary/aromatic N) is 3. The number of aryl methyl sites for hydroxylation is 2. The zero-order chi connectivity index (χ0) is 29.8. The van der Waals surface area contributed by atoms with Crippen molar-refractivity contribution in [1.82, 2.24) is 14.8 Å². The first-order valence-corrected chi connectivity index (χ1v) is 16.1. The molecule has 1 saturated carbocycles. The molecule has 7 rings (SSSR count). The van der Waals surface area contributed by atoms with Crippen LogP contribution in [0.25, 0.3) is 0 Å². The number of pyridine rings is 1. The van der Waals surface area contributed by atoms with Gasteiger partial charge in [-0.2, -0.15) is 0 Å². The van der Waals surface area contributed by atoms with Crippen molar-refractivity contribution in [2.24, 2.45) is 5.41 Å². The Morgan fingerprint density at radius 2 is 2.16 bits per heavy atom. The highest BCUT2D eigenvalue weighted by Gasteiger charge is 2.63. The van der Waals surface area contributed by atoms with Gasteiger partial charge in [0.25, 0.3) is 5.85 Å². The predicted octanol–water partition coefficient (Wildman–Crippen LogP) is 4.09. The Morgan fingerprint density at radius 1 is 1.30 bits per heavy atom. The zero-order valence-corrected chi connectivity index (χ0v) is 25.5. The highest BCUT2D eigenvalue weighted by atomic mass is 19.2. The average molecular weight is 597 g/mol. The lowest BCUT2D eigenvalue weighted by Gasteiger charge is -2.52. The topological polar surface area (TPSA) is 96.4 Å². The number of likely N-dealkylation sites (tertiary alicyclic amines) is 1. The first-order chi connectivity index (χ1) is 20.8. The number of hydrogen-bond acceptors (Lipinski definition) is 8. The van der Waals surface area contributed by atoms with Gasteiger partial charge in [0.15, 0.2) is 5.76 Å². The van der Waals surface area contributed by atoms with Gasteiger partial charge >= 0.3 is 5.97 Å². The summed E-state index contributed by atoms with van der Waals surface area (Å²) >= 11 is 0. The number of anilines is 1. The summed E-state index contributed by atoms with van der Waals surface area (Å²) in [4.78, 5) is 22.1. The summed E-state index contributed by atoms with van der Waals surface area (Å²) in [7, 11) is 3.63. The van der Waals surface area contributed by atoms with E-state index in [1.54, 1.807) is 0 Å². The standard InChI is InChI=1S/C33H45FN4O5/c1-37(15-5-3-4-8-24-10-9-22-7-6-14-35-29(22)36-24)26-11-12-31(26)13-16-38(19-31)27(30(39)40)25-17-23-18-33(34,28(25)41-2)43-32(23)20-42-21-32/h9-10,17,26-27H,3-8,11-16,18-21H2,1-2H3,(H,35,36)(H,39,40). The van der Waals surface area contributed by atoms with Crippen LogP contribution in [0.15, 0.2) is 35.1 Å². The Balaban J connectivity index is 0.958. The Hall–Kier alpha value is -2.53. The largest absolute Gasteiger partial charge is 0.495 e. The highest BCUT2D eigenvalue weighted by molar-refractivity contribution is 5.79. The molecule has 9 nitrogen and oxygen atoms in total. The Bertz CT molecular complexity index is 1330. The van der Waals surface area contributed by atoms with Gasteiger partial charge in [-0.25, -0.2) is 9.37 Å². The number of carboxylic acids is 1. The fraction of sp³-hybridized carbons (Fsp3) is 0.697. The lowest BCUT2D eigenvalue weighted by Crippen LogP contribution is -2.56. The van der Waals surface area contributed by atoms with Crippen LogP contribution in [0.5, 0.6) is 0 Å². The average Bonchev–Trinajstić information content (AvgIpc) is 3.51.